The van der Waals surface area contributed by atoms with E-state index in [9.17, 15) is 5.11 Å². The summed E-state index contributed by atoms with van der Waals surface area (Å²) in [5.41, 5.74) is 0.773. The third-order valence-electron chi connectivity index (χ3n) is 1.75. The van der Waals surface area contributed by atoms with Crippen LogP contribution in [0.5, 0.6) is 5.75 Å². The number of hydrogen-bond acceptors (Lipinski definition) is 1. The van der Waals surface area contributed by atoms with E-state index in [1.807, 2.05) is 21.1 Å². The second-order valence-electron chi connectivity index (χ2n) is 4.34. The minimum atomic E-state index is 0.129. The van der Waals surface area contributed by atoms with Crippen LogP contribution in [-0.4, -0.2) is 30.7 Å². The first-order valence-electron chi connectivity index (χ1n) is 4.27. The van der Waals surface area contributed by atoms with Crippen molar-refractivity contribution in [2.24, 2.45) is 0 Å². The Balaban J connectivity index is 3.09. The Morgan fingerprint density at radius 2 is 1.79 bits per heavy atom. The van der Waals surface area contributed by atoms with Gasteiger partial charge in [-0.2, -0.15) is 0 Å². The van der Waals surface area contributed by atoms with Crippen LogP contribution >= 0.6 is 23.2 Å². The van der Waals surface area contributed by atoms with Crippen molar-refractivity contribution in [3.8, 4) is 5.75 Å². The molecule has 1 rings (SSSR count). The fourth-order valence-electron chi connectivity index (χ4n) is 1.25. The lowest BCUT2D eigenvalue weighted by molar-refractivity contribution is -0.884. The maximum absolute atomic E-state index is 9.68. The van der Waals surface area contributed by atoms with Crippen molar-refractivity contribution in [2.75, 3.05) is 21.1 Å². The first-order valence-corrected chi connectivity index (χ1v) is 5.02. The lowest BCUT2D eigenvalue weighted by Gasteiger charge is -2.24. The van der Waals surface area contributed by atoms with Crippen LogP contribution in [0.1, 0.15) is 5.56 Å². The molecule has 0 aromatic heterocycles. The van der Waals surface area contributed by atoms with Crippen LogP contribution < -0.4 is 0 Å². The first kappa shape index (κ1) is 11.6. The van der Waals surface area contributed by atoms with Crippen LogP contribution in [0.2, 0.25) is 10.0 Å². The second kappa shape index (κ2) is 3.97. The number of hydrogen-bond donors (Lipinski definition) is 1. The van der Waals surface area contributed by atoms with Gasteiger partial charge in [0.1, 0.15) is 12.3 Å². The highest BCUT2D eigenvalue weighted by atomic mass is 35.5. The van der Waals surface area contributed by atoms with Gasteiger partial charge in [0.05, 0.1) is 31.7 Å². The zero-order valence-corrected chi connectivity index (χ0v) is 10.0. The molecule has 0 saturated carbocycles. The molecule has 0 fully saturated rings. The molecule has 0 radical (unpaired) electrons. The Hall–Kier alpha value is -0.440. The molecule has 0 amide bonds. The molecule has 14 heavy (non-hydrogen) atoms. The maximum atomic E-state index is 9.68. The molecule has 0 aliphatic carbocycles. The molecule has 0 bridgehead atoms. The van der Waals surface area contributed by atoms with E-state index in [1.54, 1.807) is 6.07 Å². The normalized spacial score (nSPS) is 11.8. The summed E-state index contributed by atoms with van der Waals surface area (Å²) in [4.78, 5) is 0. The number of phenols is 1. The summed E-state index contributed by atoms with van der Waals surface area (Å²) in [6.45, 7) is 0.687. The topological polar surface area (TPSA) is 20.2 Å². The number of rotatable bonds is 2. The number of quaternary nitrogens is 1. The van der Waals surface area contributed by atoms with Crippen LogP contribution in [0.3, 0.4) is 0 Å². The Morgan fingerprint density at radius 3 is 2.29 bits per heavy atom. The van der Waals surface area contributed by atoms with Crippen LogP contribution in [0.15, 0.2) is 12.1 Å². The van der Waals surface area contributed by atoms with E-state index in [4.69, 9.17) is 23.2 Å². The molecule has 1 N–H and O–H groups in total. The minimum absolute atomic E-state index is 0.129. The summed E-state index contributed by atoms with van der Waals surface area (Å²) in [6.07, 6.45) is 0. The Bertz CT molecular complexity index is 345. The average Bonchev–Trinajstić information content (AvgIpc) is 1.96. The summed E-state index contributed by atoms with van der Waals surface area (Å²) in [5, 5.41) is 10.5. The van der Waals surface area contributed by atoms with Crippen molar-refractivity contribution in [2.45, 2.75) is 6.54 Å². The van der Waals surface area contributed by atoms with Gasteiger partial charge in [-0.15, -0.1) is 0 Å². The highest BCUT2D eigenvalue weighted by molar-refractivity contribution is 6.35. The number of phenolic OH excluding ortho intramolecular Hbond substituents is 1. The SMILES string of the molecule is C[N+](C)(C)Cc1cc(Cl)cc(Cl)c1O. The van der Waals surface area contributed by atoms with Gasteiger partial charge in [0, 0.05) is 5.02 Å². The quantitative estimate of drug-likeness (QED) is 0.781. The fraction of sp³-hybridized carbons (Fsp3) is 0.400. The molecule has 0 unspecified atom stereocenters. The monoisotopic (exact) mass is 234 g/mol. The Labute approximate surface area is 94.3 Å². The summed E-state index contributed by atoms with van der Waals surface area (Å²) < 4.78 is 0.713. The van der Waals surface area contributed by atoms with Gasteiger partial charge in [0.15, 0.2) is 0 Å². The second-order valence-corrected chi connectivity index (χ2v) is 5.19. The Kier molecular flexibility index (Phi) is 3.30. The molecule has 2 nitrogen and oxygen atoms in total. The first-order chi connectivity index (χ1) is 6.29. The van der Waals surface area contributed by atoms with E-state index in [-0.39, 0.29) is 5.75 Å². The van der Waals surface area contributed by atoms with E-state index in [0.717, 1.165) is 5.56 Å². The highest BCUT2D eigenvalue weighted by Crippen LogP contribution is 2.32. The third kappa shape index (κ3) is 3.05. The summed E-state index contributed by atoms with van der Waals surface area (Å²) >= 11 is 11.7. The lowest BCUT2D eigenvalue weighted by atomic mass is 10.2. The largest absolute Gasteiger partial charge is 0.506 e. The van der Waals surface area contributed by atoms with Gasteiger partial charge in [0.2, 0.25) is 0 Å². The van der Waals surface area contributed by atoms with E-state index in [0.29, 0.717) is 21.1 Å². The van der Waals surface area contributed by atoms with Gasteiger partial charge in [-0.05, 0) is 12.1 Å². The minimum Gasteiger partial charge on any atom is -0.506 e. The molecule has 0 saturated heterocycles. The van der Waals surface area contributed by atoms with Gasteiger partial charge in [-0.3, -0.25) is 0 Å². The molecule has 78 valence electrons. The van der Waals surface area contributed by atoms with Crippen molar-refractivity contribution in [3.63, 3.8) is 0 Å². The predicted molar refractivity (Wildman–Crippen MR) is 59.9 cm³/mol. The molecule has 1 aromatic carbocycles. The number of halogens is 2. The van der Waals surface area contributed by atoms with E-state index >= 15 is 0 Å². The van der Waals surface area contributed by atoms with Crippen LogP contribution in [-0.2, 0) is 6.54 Å². The zero-order valence-electron chi connectivity index (χ0n) is 8.51. The highest BCUT2D eigenvalue weighted by Gasteiger charge is 2.15. The molecule has 0 spiro atoms. The van der Waals surface area contributed by atoms with Crippen molar-refractivity contribution in [1.29, 1.82) is 0 Å². The van der Waals surface area contributed by atoms with Crippen molar-refractivity contribution < 1.29 is 9.59 Å². The van der Waals surface area contributed by atoms with Gasteiger partial charge in [-0.1, -0.05) is 23.2 Å². The van der Waals surface area contributed by atoms with Gasteiger partial charge in [-0.25, -0.2) is 0 Å². The molecule has 0 aliphatic rings. The summed E-state index contributed by atoms with van der Waals surface area (Å²) in [5.74, 6) is 0.129. The number of aromatic hydroxyl groups is 1. The van der Waals surface area contributed by atoms with Gasteiger partial charge < -0.3 is 9.59 Å². The molecule has 1 aromatic rings. The van der Waals surface area contributed by atoms with Crippen LogP contribution in [0, 0.1) is 0 Å². The van der Waals surface area contributed by atoms with E-state index in [1.165, 1.54) is 6.07 Å². The zero-order chi connectivity index (χ0) is 10.9. The average molecular weight is 235 g/mol. The lowest BCUT2D eigenvalue weighted by Crippen LogP contribution is -2.33. The molecule has 4 heteroatoms. The molecule has 0 heterocycles. The summed E-state index contributed by atoms with van der Waals surface area (Å²) in [6, 6.07) is 3.28. The van der Waals surface area contributed by atoms with Crippen molar-refractivity contribution in [1.82, 2.24) is 0 Å². The van der Waals surface area contributed by atoms with E-state index < -0.39 is 0 Å². The number of benzene rings is 1. The fourth-order valence-corrected chi connectivity index (χ4v) is 1.79. The van der Waals surface area contributed by atoms with Crippen LogP contribution in [0.25, 0.3) is 0 Å². The van der Waals surface area contributed by atoms with Gasteiger partial charge in [0.25, 0.3) is 0 Å². The van der Waals surface area contributed by atoms with E-state index in [2.05, 4.69) is 0 Å². The van der Waals surface area contributed by atoms with Crippen molar-refractivity contribution >= 4 is 23.2 Å². The van der Waals surface area contributed by atoms with Crippen molar-refractivity contribution in [3.05, 3.63) is 27.7 Å². The van der Waals surface area contributed by atoms with Gasteiger partial charge >= 0.3 is 0 Å². The number of nitrogens with zero attached hydrogens (tertiary/aromatic N) is 1. The molecule has 0 aliphatic heterocycles. The maximum Gasteiger partial charge on any atom is 0.143 e. The standard InChI is InChI=1S/C10H13Cl2NO/c1-13(2,3)6-7-4-8(11)5-9(12)10(7)14/h4-5H,6H2,1-3H3/p+1. The summed E-state index contributed by atoms with van der Waals surface area (Å²) in [7, 11) is 6.11. The van der Waals surface area contributed by atoms with Crippen LogP contribution in [0.4, 0.5) is 0 Å². The molecular formula is C10H14Cl2NO+. The third-order valence-corrected chi connectivity index (χ3v) is 2.26. The predicted octanol–water partition coefficient (Wildman–Crippen LogP) is 2.91. The molecular weight excluding hydrogens is 221 g/mol. The smallest absolute Gasteiger partial charge is 0.143 e. The Morgan fingerprint density at radius 1 is 1.21 bits per heavy atom. The molecule has 0 atom stereocenters.